The van der Waals surface area contributed by atoms with Gasteiger partial charge in [-0.25, -0.2) is 0 Å². The summed E-state index contributed by atoms with van der Waals surface area (Å²) in [6.45, 7) is 0.815. The number of nitrogens with zero attached hydrogens (tertiary/aromatic N) is 2. The Balaban J connectivity index is 1.92. The minimum atomic E-state index is 0.568. The van der Waals surface area contributed by atoms with Crippen LogP contribution in [0.15, 0.2) is 30.5 Å². The second-order valence-electron chi connectivity index (χ2n) is 4.37. The molecular weight excluding hydrogens is 186 g/mol. The van der Waals surface area contributed by atoms with Crippen molar-refractivity contribution in [2.75, 3.05) is 6.54 Å². The van der Waals surface area contributed by atoms with E-state index in [2.05, 4.69) is 34.0 Å². The molecule has 0 spiro atoms. The van der Waals surface area contributed by atoms with Gasteiger partial charge in [0.05, 0.1) is 17.8 Å². The molecule has 2 N–H and O–H groups in total. The summed E-state index contributed by atoms with van der Waals surface area (Å²) < 4.78 is 2.15. The van der Waals surface area contributed by atoms with Gasteiger partial charge in [0.25, 0.3) is 0 Å². The van der Waals surface area contributed by atoms with Gasteiger partial charge in [0.15, 0.2) is 0 Å². The molecule has 1 aromatic heterocycles. The Hall–Kier alpha value is -1.35. The van der Waals surface area contributed by atoms with Gasteiger partial charge < -0.3 is 5.73 Å². The summed E-state index contributed by atoms with van der Waals surface area (Å²) in [6, 6.07) is 8.94. The molecule has 1 saturated carbocycles. The lowest BCUT2D eigenvalue weighted by atomic mass is 9.80. The number of fused-ring (bicyclic) bond motifs is 1. The molecular formula is C12H15N3. The van der Waals surface area contributed by atoms with Crippen molar-refractivity contribution < 1.29 is 0 Å². The van der Waals surface area contributed by atoms with Crippen LogP contribution >= 0.6 is 0 Å². The monoisotopic (exact) mass is 201 g/mol. The van der Waals surface area contributed by atoms with Gasteiger partial charge in [-0.05, 0) is 31.4 Å². The highest BCUT2D eigenvalue weighted by Crippen LogP contribution is 2.38. The summed E-state index contributed by atoms with van der Waals surface area (Å²) in [7, 11) is 0. The van der Waals surface area contributed by atoms with Crippen molar-refractivity contribution in [1.82, 2.24) is 9.78 Å². The summed E-state index contributed by atoms with van der Waals surface area (Å²) >= 11 is 0. The Morgan fingerprint density at radius 3 is 2.93 bits per heavy atom. The molecule has 3 rings (SSSR count). The molecule has 0 radical (unpaired) electrons. The fourth-order valence-electron chi connectivity index (χ4n) is 2.38. The van der Waals surface area contributed by atoms with Crippen molar-refractivity contribution in [1.29, 1.82) is 0 Å². The standard InChI is InChI=1S/C12H15N3/c13-7-9-5-11(6-9)15-12-4-2-1-3-10(12)8-14-15/h1-4,8-9,11H,5-7,13H2. The molecule has 1 fully saturated rings. The van der Waals surface area contributed by atoms with E-state index >= 15 is 0 Å². The molecule has 0 saturated heterocycles. The summed E-state index contributed by atoms with van der Waals surface area (Å²) in [6.07, 6.45) is 4.31. The molecule has 1 aromatic carbocycles. The topological polar surface area (TPSA) is 43.8 Å². The predicted molar refractivity (Wildman–Crippen MR) is 60.5 cm³/mol. The van der Waals surface area contributed by atoms with Gasteiger partial charge in [0.1, 0.15) is 0 Å². The van der Waals surface area contributed by atoms with E-state index in [0.717, 1.165) is 6.54 Å². The first-order chi connectivity index (χ1) is 7.38. The average Bonchev–Trinajstić information content (AvgIpc) is 2.61. The molecule has 1 heterocycles. The van der Waals surface area contributed by atoms with E-state index in [0.29, 0.717) is 12.0 Å². The molecule has 15 heavy (non-hydrogen) atoms. The van der Waals surface area contributed by atoms with E-state index in [9.17, 15) is 0 Å². The van der Waals surface area contributed by atoms with Gasteiger partial charge in [-0.3, -0.25) is 4.68 Å². The Morgan fingerprint density at radius 1 is 1.33 bits per heavy atom. The van der Waals surface area contributed by atoms with Crippen LogP contribution in [0.1, 0.15) is 18.9 Å². The van der Waals surface area contributed by atoms with Crippen LogP contribution in [-0.4, -0.2) is 16.3 Å². The van der Waals surface area contributed by atoms with E-state index in [4.69, 9.17) is 5.73 Å². The van der Waals surface area contributed by atoms with Crippen molar-refractivity contribution >= 4 is 10.9 Å². The van der Waals surface area contributed by atoms with Gasteiger partial charge in [-0.2, -0.15) is 5.10 Å². The number of aromatic nitrogens is 2. The van der Waals surface area contributed by atoms with Crippen LogP contribution < -0.4 is 5.73 Å². The lowest BCUT2D eigenvalue weighted by Crippen LogP contribution is -2.32. The van der Waals surface area contributed by atoms with Crippen LogP contribution in [0.4, 0.5) is 0 Å². The van der Waals surface area contributed by atoms with Crippen molar-refractivity contribution in [3.05, 3.63) is 30.5 Å². The molecule has 2 aromatic rings. The molecule has 0 aliphatic heterocycles. The summed E-state index contributed by atoms with van der Waals surface area (Å²) in [5.41, 5.74) is 6.88. The fourth-order valence-corrected chi connectivity index (χ4v) is 2.38. The predicted octanol–water partition coefficient (Wildman–Crippen LogP) is 1.95. The normalized spacial score (nSPS) is 25.4. The summed E-state index contributed by atoms with van der Waals surface area (Å²) in [5, 5.41) is 5.69. The van der Waals surface area contributed by atoms with Crippen molar-refractivity contribution in [2.45, 2.75) is 18.9 Å². The van der Waals surface area contributed by atoms with Crippen LogP contribution in [0.5, 0.6) is 0 Å². The van der Waals surface area contributed by atoms with Crippen LogP contribution in [-0.2, 0) is 0 Å². The van der Waals surface area contributed by atoms with Crippen LogP contribution in [0.3, 0.4) is 0 Å². The molecule has 1 aliphatic rings. The highest BCUT2D eigenvalue weighted by atomic mass is 15.3. The Kier molecular flexibility index (Phi) is 1.99. The Bertz CT molecular complexity index is 468. The molecule has 0 unspecified atom stereocenters. The van der Waals surface area contributed by atoms with E-state index in [1.54, 1.807) is 0 Å². The fraction of sp³-hybridized carbons (Fsp3) is 0.417. The van der Waals surface area contributed by atoms with E-state index in [1.807, 2.05) is 6.20 Å². The molecule has 3 nitrogen and oxygen atoms in total. The van der Waals surface area contributed by atoms with Gasteiger partial charge in [-0.1, -0.05) is 18.2 Å². The largest absolute Gasteiger partial charge is 0.330 e. The zero-order valence-electron chi connectivity index (χ0n) is 8.63. The third-order valence-corrected chi connectivity index (χ3v) is 3.39. The number of para-hydroxylation sites is 1. The average molecular weight is 201 g/mol. The first kappa shape index (κ1) is 8.92. The van der Waals surface area contributed by atoms with E-state index in [1.165, 1.54) is 23.7 Å². The number of hydrogen-bond acceptors (Lipinski definition) is 2. The van der Waals surface area contributed by atoms with E-state index in [-0.39, 0.29) is 0 Å². The number of nitrogens with two attached hydrogens (primary N) is 1. The molecule has 0 atom stereocenters. The zero-order chi connectivity index (χ0) is 10.3. The maximum absolute atomic E-state index is 5.63. The van der Waals surface area contributed by atoms with Gasteiger partial charge in [0.2, 0.25) is 0 Å². The second-order valence-corrected chi connectivity index (χ2v) is 4.37. The third kappa shape index (κ3) is 1.35. The highest BCUT2D eigenvalue weighted by Gasteiger charge is 2.30. The molecule has 78 valence electrons. The first-order valence-corrected chi connectivity index (χ1v) is 5.51. The quantitative estimate of drug-likeness (QED) is 0.807. The van der Waals surface area contributed by atoms with Crippen molar-refractivity contribution in [3.8, 4) is 0 Å². The van der Waals surface area contributed by atoms with Crippen LogP contribution in [0.2, 0.25) is 0 Å². The number of benzene rings is 1. The molecule has 3 heteroatoms. The van der Waals surface area contributed by atoms with Gasteiger partial charge >= 0.3 is 0 Å². The lowest BCUT2D eigenvalue weighted by Gasteiger charge is -2.34. The van der Waals surface area contributed by atoms with E-state index < -0.39 is 0 Å². The minimum Gasteiger partial charge on any atom is -0.330 e. The van der Waals surface area contributed by atoms with Gasteiger partial charge in [-0.15, -0.1) is 0 Å². The van der Waals surface area contributed by atoms with Gasteiger partial charge in [0, 0.05) is 5.39 Å². The SMILES string of the molecule is NCC1CC(n2ncc3ccccc32)C1. The lowest BCUT2D eigenvalue weighted by molar-refractivity contribution is 0.195. The maximum Gasteiger partial charge on any atom is 0.0685 e. The summed E-state index contributed by atoms with van der Waals surface area (Å²) in [5.74, 6) is 0.706. The highest BCUT2D eigenvalue weighted by molar-refractivity contribution is 5.78. The summed E-state index contributed by atoms with van der Waals surface area (Å²) in [4.78, 5) is 0. The maximum atomic E-state index is 5.63. The number of rotatable bonds is 2. The first-order valence-electron chi connectivity index (χ1n) is 5.51. The second kappa shape index (κ2) is 3.35. The molecule has 1 aliphatic carbocycles. The Labute approximate surface area is 88.9 Å². The molecule has 0 amide bonds. The Morgan fingerprint density at radius 2 is 2.13 bits per heavy atom. The smallest absolute Gasteiger partial charge is 0.0685 e. The third-order valence-electron chi connectivity index (χ3n) is 3.39. The molecule has 0 bridgehead atoms. The van der Waals surface area contributed by atoms with Crippen LogP contribution in [0.25, 0.3) is 10.9 Å². The number of hydrogen-bond donors (Lipinski definition) is 1. The minimum absolute atomic E-state index is 0.568. The zero-order valence-corrected chi connectivity index (χ0v) is 8.63. The van der Waals surface area contributed by atoms with Crippen LogP contribution in [0, 0.1) is 5.92 Å². The van der Waals surface area contributed by atoms with Crippen molar-refractivity contribution in [3.63, 3.8) is 0 Å². The van der Waals surface area contributed by atoms with Crippen molar-refractivity contribution in [2.24, 2.45) is 11.7 Å².